The molecule has 0 aromatic heterocycles. The third-order valence-corrected chi connectivity index (χ3v) is 6.20. The highest BCUT2D eigenvalue weighted by Gasteiger charge is 2.37. The van der Waals surface area contributed by atoms with E-state index < -0.39 is 6.10 Å². The molecule has 26 heavy (non-hydrogen) atoms. The molecule has 1 aliphatic heterocycles. The van der Waals surface area contributed by atoms with Crippen LogP contribution in [-0.4, -0.2) is 51.6 Å². The summed E-state index contributed by atoms with van der Waals surface area (Å²) in [4.78, 5) is 16.6. The molecule has 1 aromatic carbocycles. The lowest BCUT2D eigenvalue weighted by atomic mass is 10.0. The second kappa shape index (κ2) is 9.72. The topological polar surface area (TPSA) is 43.8 Å². The SMILES string of the molecule is CCC(C)N(C[C@H](O)[C@H]1CCC(=O)N1Cc1ccccc1Cl)C(C)CC. The van der Waals surface area contributed by atoms with E-state index in [0.29, 0.717) is 43.0 Å². The van der Waals surface area contributed by atoms with Gasteiger partial charge < -0.3 is 10.0 Å². The maximum Gasteiger partial charge on any atom is 0.223 e. The van der Waals surface area contributed by atoms with E-state index in [1.165, 1.54) is 0 Å². The second-order valence-electron chi connectivity index (χ2n) is 7.50. The van der Waals surface area contributed by atoms with Crippen molar-refractivity contribution in [2.24, 2.45) is 0 Å². The minimum Gasteiger partial charge on any atom is -0.390 e. The third-order valence-electron chi connectivity index (χ3n) is 5.83. The molecule has 1 saturated heterocycles. The van der Waals surface area contributed by atoms with E-state index in [1.54, 1.807) is 0 Å². The number of halogens is 1. The molecule has 1 heterocycles. The molecule has 1 fully saturated rings. The van der Waals surface area contributed by atoms with E-state index in [0.717, 1.165) is 18.4 Å². The molecule has 0 spiro atoms. The summed E-state index contributed by atoms with van der Waals surface area (Å²) in [5.41, 5.74) is 0.933. The molecule has 5 heteroatoms. The zero-order valence-electron chi connectivity index (χ0n) is 16.5. The number of hydrogen-bond acceptors (Lipinski definition) is 3. The van der Waals surface area contributed by atoms with Crippen molar-refractivity contribution in [3.63, 3.8) is 0 Å². The average Bonchev–Trinajstić information content (AvgIpc) is 3.00. The molecule has 4 nitrogen and oxygen atoms in total. The van der Waals surface area contributed by atoms with Crippen molar-refractivity contribution in [3.05, 3.63) is 34.9 Å². The van der Waals surface area contributed by atoms with Crippen molar-refractivity contribution in [2.75, 3.05) is 6.54 Å². The minimum atomic E-state index is -0.549. The summed E-state index contributed by atoms with van der Waals surface area (Å²) in [5, 5.41) is 11.6. The van der Waals surface area contributed by atoms with Gasteiger partial charge in [-0.15, -0.1) is 0 Å². The molecule has 0 radical (unpaired) electrons. The first kappa shape index (κ1) is 21.2. The van der Waals surface area contributed by atoms with E-state index in [1.807, 2.05) is 29.2 Å². The Kier molecular flexibility index (Phi) is 7.93. The van der Waals surface area contributed by atoms with E-state index in [9.17, 15) is 9.90 Å². The van der Waals surface area contributed by atoms with Crippen molar-refractivity contribution in [2.45, 2.75) is 84.2 Å². The van der Waals surface area contributed by atoms with Gasteiger partial charge in [0.05, 0.1) is 12.1 Å². The molecular formula is C21H33ClN2O2. The molecule has 1 N–H and O–H groups in total. The number of nitrogens with zero attached hydrogens (tertiary/aromatic N) is 2. The summed E-state index contributed by atoms with van der Waals surface area (Å²) in [7, 11) is 0. The molecule has 0 aliphatic carbocycles. The van der Waals surface area contributed by atoms with E-state index in [2.05, 4.69) is 32.6 Å². The van der Waals surface area contributed by atoms with Gasteiger partial charge in [0.25, 0.3) is 0 Å². The Balaban J connectivity index is 2.11. The van der Waals surface area contributed by atoms with Crippen molar-refractivity contribution in [3.8, 4) is 0 Å². The third kappa shape index (κ3) is 4.99. The number of aliphatic hydroxyl groups excluding tert-OH is 1. The van der Waals surface area contributed by atoms with Crippen LogP contribution in [0.15, 0.2) is 24.3 Å². The second-order valence-corrected chi connectivity index (χ2v) is 7.90. The number of likely N-dealkylation sites (tertiary alicyclic amines) is 1. The van der Waals surface area contributed by atoms with Crippen LogP contribution in [0.5, 0.6) is 0 Å². The van der Waals surface area contributed by atoms with Gasteiger partial charge in [0.15, 0.2) is 0 Å². The Morgan fingerprint density at radius 2 is 1.85 bits per heavy atom. The number of carbonyl (C=O) groups is 1. The van der Waals surface area contributed by atoms with E-state index >= 15 is 0 Å². The van der Waals surface area contributed by atoms with Crippen LogP contribution < -0.4 is 0 Å². The number of rotatable bonds is 9. The van der Waals surface area contributed by atoms with Gasteiger partial charge in [-0.05, 0) is 44.7 Å². The van der Waals surface area contributed by atoms with Crippen molar-refractivity contribution < 1.29 is 9.90 Å². The number of amides is 1. The fourth-order valence-electron chi connectivity index (χ4n) is 3.77. The van der Waals surface area contributed by atoms with E-state index in [4.69, 9.17) is 11.6 Å². The van der Waals surface area contributed by atoms with Crippen LogP contribution in [-0.2, 0) is 11.3 Å². The van der Waals surface area contributed by atoms with Crippen LogP contribution in [0.1, 0.15) is 58.9 Å². The summed E-state index contributed by atoms with van der Waals surface area (Å²) in [6, 6.07) is 8.29. The standard InChI is InChI=1S/C21H33ClN2O2/c1-5-15(3)23(16(4)6-2)14-20(25)19-11-12-21(26)24(19)13-17-9-7-8-10-18(17)22/h7-10,15-16,19-20,25H,5-6,11-14H2,1-4H3/t15?,16?,19-,20+/m1/s1. The molecular weight excluding hydrogens is 348 g/mol. The molecule has 1 aromatic rings. The van der Waals surface area contributed by atoms with Gasteiger partial charge in [-0.3, -0.25) is 9.69 Å². The van der Waals surface area contributed by atoms with Gasteiger partial charge in [0.2, 0.25) is 5.91 Å². The predicted octanol–water partition coefficient (Wildman–Crippen LogP) is 4.09. The monoisotopic (exact) mass is 380 g/mol. The van der Waals surface area contributed by atoms with Gasteiger partial charge >= 0.3 is 0 Å². The first-order valence-corrected chi connectivity index (χ1v) is 10.2. The van der Waals surface area contributed by atoms with Gasteiger partial charge in [-0.2, -0.15) is 0 Å². The van der Waals surface area contributed by atoms with Crippen molar-refractivity contribution >= 4 is 17.5 Å². The molecule has 0 saturated carbocycles. The number of carbonyl (C=O) groups excluding carboxylic acids is 1. The first-order chi connectivity index (χ1) is 12.4. The van der Waals surface area contributed by atoms with Crippen LogP contribution in [0.3, 0.4) is 0 Å². The summed E-state index contributed by atoms with van der Waals surface area (Å²) < 4.78 is 0. The zero-order valence-corrected chi connectivity index (χ0v) is 17.2. The predicted molar refractivity (Wildman–Crippen MR) is 107 cm³/mol. The minimum absolute atomic E-state index is 0.104. The Bertz CT molecular complexity index is 585. The quantitative estimate of drug-likeness (QED) is 0.701. The highest BCUT2D eigenvalue weighted by Crippen LogP contribution is 2.27. The van der Waals surface area contributed by atoms with Crippen LogP contribution in [0.25, 0.3) is 0 Å². The van der Waals surface area contributed by atoms with Gasteiger partial charge in [-0.1, -0.05) is 43.6 Å². The average molecular weight is 381 g/mol. The fourth-order valence-corrected chi connectivity index (χ4v) is 3.97. The number of hydrogen-bond donors (Lipinski definition) is 1. The van der Waals surface area contributed by atoms with Gasteiger partial charge in [-0.25, -0.2) is 0 Å². The van der Waals surface area contributed by atoms with Gasteiger partial charge in [0.1, 0.15) is 0 Å². The molecule has 0 bridgehead atoms. The lowest BCUT2D eigenvalue weighted by Crippen LogP contribution is -2.50. The molecule has 2 unspecified atom stereocenters. The van der Waals surface area contributed by atoms with E-state index in [-0.39, 0.29) is 11.9 Å². The lowest BCUT2D eigenvalue weighted by Gasteiger charge is -2.38. The summed E-state index contributed by atoms with van der Waals surface area (Å²) in [6.07, 6.45) is 2.75. The maximum absolute atomic E-state index is 12.4. The molecule has 1 aliphatic rings. The highest BCUT2D eigenvalue weighted by atomic mass is 35.5. The summed E-state index contributed by atoms with van der Waals surface area (Å²) in [6.45, 7) is 9.83. The molecule has 146 valence electrons. The Morgan fingerprint density at radius 1 is 1.23 bits per heavy atom. The van der Waals surface area contributed by atoms with Crippen LogP contribution in [0.4, 0.5) is 0 Å². The Labute approximate surface area is 163 Å². The number of aliphatic hydroxyl groups is 1. The smallest absolute Gasteiger partial charge is 0.223 e. The normalized spacial score (nSPS) is 21.3. The van der Waals surface area contributed by atoms with Crippen LogP contribution >= 0.6 is 11.6 Å². The van der Waals surface area contributed by atoms with Crippen molar-refractivity contribution in [1.82, 2.24) is 9.80 Å². The molecule has 4 atom stereocenters. The Morgan fingerprint density at radius 3 is 2.42 bits per heavy atom. The molecule has 2 rings (SSSR count). The van der Waals surface area contributed by atoms with Crippen LogP contribution in [0, 0.1) is 0 Å². The maximum atomic E-state index is 12.4. The summed E-state index contributed by atoms with van der Waals surface area (Å²) in [5.74, 6) is 0.104. The first-order valence-electron chi connectivity index (χ1n) is 9.85. The lowest BCUT2D eigenvalue weighted by molar-refractivity contribution is -0.131. The number of benzene rings is 1. The van der Waals surface area contributed by atoms with Crippen molar-refractivity contribution in [1.29, 1.82) is 0 Å². The zero-order chi connectivity index (χ0) is 19.3. The van der Waals surface area contributed by atoms with Gasteiger partial charge in [0, 0.05) is 36.6 Å². The summed E-state index contributed by atoms with van der Waals surface area (Å²) >= 11 is 6.27. The Hall–Kier alpha value is -1.10. The molecule has 1 amide bonds. The highest BCUT2D eigenvalue weighted by molar-refractivity contribution is 6.31. The largest absolute Gasteiger partial charge is 0.390 e. The van der Waals surface area contributed by atoms with Crippen LogP contribution in [0.2, 0.25) is 5.02 Å². The fraction of sp³-hybridized carbons (Fsp3) is 0.667.